The number of carbonyl (C=O) groups excluding carboxylic acids is 1. The summed E-state index contributed by atoms with van der Waals surface area (Å²) in [4.78, 5) is 10.4. The molecule has 0 saturated heterocycles. The van der Waals surface area contributed by atoms with Gasteiger partial charge in [-0.2, -0.15) is 0 Å². The Hall–Kier alpha value is -0.640. The number of hydrogen-bond acceptors (Lipinski definition) is 5. The number of carbonyl (C=O) groups is 1. The van der Waals surface area contributed by atoms with Gasteiger partial charge in [0.15, 0.2) is 0 Å². The molecule has 6 heteroatoms. The van der Waals surface area contributed by atoms with E-state index in [4.69, 9.17) is 9.05 Å². The van der Waals surface area contributed by atoms with Gasteiger partial charge in [-0.05, 0) is 27.7 Å². The van der Waals surface area contributed by atoms with Gasteiger partial charge < -0.3 is 13.8 Å². The highest BCUT2D eigenvalue weighted by Crippen LogP contribution is 2.47. The smallest absolute Gasteiger partial charge is 0.333 e. The van der Waals surface area contributed by atoms with Crippen LogP contribution in [0.2, 0.25) is 0 Å². The number of esters is 1. The van der Waals surface area contributed by atoms with E-state index in [0.717, 1.165) is 0 Å². The molecule has 0 fully saturated rings. The fourth-order valence-electron chi connectivity index (χ4n) is 0.868. The van der Waals surface area contributed by atoms with E-state index < -0.39 is 7.60 Å². The van der Waals surface area contributed by atoms with Crippen molar-refractivity contribution in [1.82, 2.24) is 0 Å². The molecule has 0 radical (unpaired) electrons. The number of ether oxygens (including phenoxy) is 1. The summed E-state index contributed by atoms with van der Waals surface area (Å²) in [6.07, 6.45) is 0.453. The summed E-state index contributed by atoms with van der Waals surface area (Å²) < 4.78 is 25.8. The van der Waals surface area contributed by atoms with Gasteiger partial charge in [-0.3, -0.25) is 4.57 Å². The van der Waals surface area contributed by atoms with Gasteiger partial charge in [-0.25, -0.2) is 4.79 Å². The Morgan fingerprint density at radius 2 is 1.50 bits per heavy atom. The van der Waals surface area contributed by atoms with Crippen LogP contribution in [0.4, 0.5) is 0 Å². The third kappa shape index (κ3) is 10.5. The SMILES string of the molecule is C=C(C)C(=O)OCC.CCOP(=O)(CC)OCC. The Morgan fingerprint density at radius 1 is 1.06 bits per heavy atom. The van der Waals surface area contributed by atoms with Gasteiger partial charge in [0.25, 0.3) is 0 Å². The molecule has 0 aliphatic heterocycles. The van der Waals surface area contributed by atoms with E-state index in [2.05, 4.69) is 11.3 Å². The van der Waals surface area contributed by atoms with Crippen LogP contribution in [0.15, 0.2) is 12.2 Å². The molecule has 18 heavy (non-hydrogen) atoms. The van der Waals surface area contributed by atoms with Crippen LogP contribution in [0.1, 0.15) is 34.6 Å². The molecule has 0 N–H and O–H groups in total. The van der Waals surface area contributed by atoms with E-state index in [-0.39, 0.29) is 5.97 Å². The first kappa shape index (κ1) is 19.7. The van der Waals surface area contributed by atoms with Crippen molar-refractivity contribution in [3.63, 3.8) is 0 Å². The largest absolute Gasteiger partial charge is 0.463 e. The quantitative estimate of drug-likeness (QED) is 0.406. The Bertz CT molecular complexity index is 278. The van der Waals surface area contributed by atoms with E-state index >= 15 is 0 Å². The van der Waals surface area contributed by atoms with Crippen molar-refractivity contribution < 1.29 is 23.1 Å². The molecule has 0 spiro atoms. The Kier molecular flexibility index (Phi) is 12.5. The van der Waals surface area contributed by atoms with Crippen molar-refractivity contribution in [2.45, 2.75) is 34.6 Å². The van der Waals surface area contributed by atoms with E-state index in [1.165, 1.54) is 0 Å². The molecule has 0 aliphatic carbocycles. The molecule has 0 heterocycles. The van der Waals surface area contributed by atoms with Crippen LogP contribution in [-0.2, 0) is 23.1 Å². The maximum Gasteiger partial charge on any atom is 0.333 e. The first-order valence-electron chi connectivity index (χ1n) is 6.07. The van der Waals surface area contributed by atoms with Crippen LogP contribution in [0.3, 0.4) is 0 Å². The van der Waals surface area contributed by atoms with E-state index in [0.29, 0.717) is 31.6 Å². The third-order valence-corrected chi connectivity index (χ3v) is 3.74. The van der Waals surface area contributed by atoms with Gasteiger partial charge in [0.2, 0.25) is 0 Å². The molecule has 0 amide bonds. The van der Waals surface area contributed by atoms with Gasteiger partial charge in [0, 0.05) is 11.7 Å². The van der Waals surface area contributed by atoms with Crippen molar-refractivity contribution in [3.8, 4) is 0 Å². The van der Waals surface area contributed by atoms with E-state index in [1.54, 1.807) is 34.6 Å². The van der Waals surface area contributed by atoms with Crippen molar-refractivity contribution >= 4 is 13.6 Å². The van der Waals surface area contributed by atoms with Crippen LogP contribution < -0.4 is 0 Å². The lowest BCUT2D eigenvalue weighted by atomic mass is 10.4. The minimum Gasteiger partial charge on any atom is -0.463 e. The van der Waals surface area contributed by atoms with Crippen molar-refractivity contribution in [2.75, 3.05) is 26.0 Å². The first-order valence-corrected chi connectivity index (χ1v) is 7.80. The minimum atomic E-state index is -2.70. The van der Waals surface area contributed by atoms with Crippen LogP contribution in [0.25, 0.3) is 0 Å². The molecule has 5 nitrogen and oxygen atoms in total. The molecule has 0 aliphatic rings. The highest BCUT2D eigenvalue weighted by atomic mass is 31.2. The van der Waals surface area contributed by atoms with Gasteiger partial charge in [-0.1, -0.05) is 13.5 Å². The predicted molar refractivity (Wildman–Crippen MR) is 72.8 cm³/mol. The molecule has 108 valence electrons. The minimum absolute atomic E-state index is 0.312. The highest BCUT2D eigenvalue weighted by molar-refractivity contribution is 7.53. The molecular formula is C12H25O5P. The van der Waals surface area contributed by atoms with E-state index in [9.17, 15) is 9.36 Å². The molecular weight excluding hydrogens is 255 g/mol. The summed E-state index contributed by atoms with van der Waals surface area (Å²) >= 11 is 0. The maximum absolute atomic E-state index is 11.3. The average molecular weight is 280 g/mol. The summed E-state index contributed by atoms with van der Waals surface area (Å²) in [5, 5.41) is 0. The van der Waals surface area contributed by atoms with Crippen molar-refractivity contribution in [2.24, 2.45) is 0 Å². The molecule has 0 unspecified atom stereocenters. The summed E-state index contributed by atoms with van der Waals surface area (Å²) in [6.45, 7) is 13.5. The van der Waals surface area contributed by atoms with Gasteiger partial charge in [-0.15, -0.1) is 0 Å². The second-order valence-electron chi connectivity index (χ2n) is 3.26. The molecule has 0 aromatic rings. The second kappa shape index (κ2) is 11.5. The third-order valence-electron chi connectivity index (χ3n) is 1.66. The van der Waals surface area contributed by atoms with Crippen molar-refractivity contribution in [1.29, 1.82) is 0 Å². The Labute approximate surface area is 110 Å². The van der Waals surface area contributed by atoms with Crippen LogP contribution in [0, 0.1) is 0 Å². The first-order chi connectivity index (χ1) is 8.36. The van der Waals surface area contributed by atoms with Gasteiger partial charge >= 0.3 is 13.6 Å². The molecule has 0 rings (SSSR count). The maximum atomic E-state index is 11.3. The summed E-state index contributed by atoms with van der Waals surface area (Å²) in [6, 6.07) is 0. The number of hydrogen-bond donors (Lipinski definition) is 0. The monoisotopic (exact) mass is 280 g/mol. The fourth-order valence-corrected chi connectivity index (χ4v) is 2.09. The zero-order valence-electron chi connectivity index (χ0n) is 12.0. The van der Waals surface area contributed by atoms with Crippen LogP contribution >= 0.6 is 7.60 Å². The average Bonchev–Trinajstić information content (AvgIpc) is 2.31. The van der Waals surface area contributed by atoms with Gasteiger partial charge in [0.1, 0.15) is 0 Å². The molecule has 0 aromatic heterocycles. The molecule has 0 saturated carbocycles. The zero-order chi connectivity index (χ0) is 14.6. The predicted octanol–water partition coefficient (Wildman–Crippen LogP) is 3.40. The summed E-state index contributed by atoms with van der Waals surface area (Å²) in [5.41, 5.74) is 0.451. The lowest BCUT2D eigenvalue weighted by Crippen LogP contribution is -2.03. The summed E-state index contributed by atoms with van der Waals surface area (Å²) in [7, 11) is -2.70. The number of rotatable bonds is 7. The molecule has 0 bridgehead atoms. The summed E-state index contributed by atoms with van der Waals surface area (Å²) in [5.74, 6) is -0.312. The van der Waals surface area contributed by atoms with Gasteiger partial charge in [0.05, 0.1) is 19.8 Å². The highest BCUT2D eigenvalue weighted by Gasteiger charge is 2.19. The Balaban J connectivity index is 0. The lowest BCUT2D eigenvalue weighted by molar-refractivity contribution is -0.138. The van der Waals surface area contributed by atoms with Crippen LogP contribution in [-0.4, -0.2) is 32.0 Å². The lowest BCUT2D eigenvalue weighted by Gasteiger charge is -2.13. The normalized spacial score (nSPS) is 10.3. The molecule has 0 atom stereocenters. The molecule has 0 aromatic carbocycles. The van der Waals surface area contributed by atoms with E-state index in [1.807, 2.05) is 0 Å². The topological polar surface area (TPSA) is 61.8 Å². The standard InChI is InChI=1S/C6H15O3P.C6H10O2/c1-4-8-10(7,6-3)9-5-2;1-4-8-6(7)5(2)3/h4-6H2,1-3H3;2,4H2,1,3H3. The van der Waals surface area contributed by atoms with Crippen LogP contribution in [0.5, 0.6) is 0 Å². The van der Waals surface area contributed by atoms with Crippen molar-refractivity contribution in [3.05, 3.63) is 12.2 Å². The second-order valence-corrected chi connectivity index (χ2v) is 5.63. The Morgan fingerprint density at radius 3 is 1.67 bits per heavy atom. The zero-order valence-corrected chi connectivity index (χ0v) is 12.9. The fraction of sp³-hybridized carbons (Fsp3) is 0.750.